The van der Waals surface area contributed by atoms with Crippen LogP contribution in [0.5, 0.6) is 5.75 Å². The predicted octanol–water partition coefficient (Wildman–Crippen LogP) is 4.24. The van der Waals surface area contributed by atoms with E-state index in [-0.39, 0.29) is 0 Å². The number of rotatable bonds is 6. The number of aryl methyl sites for hydroxylation is 1. The first-order valence-corrected chi connectivity index (χ1v) is 6.88. The fourth-order valence-electron chi connectivity index (χ4n) is 2.08. The first-order chi connectivity index (χ1) is 9.29. The minimum atomic E-state index is 0.812. The van der Waals surface area contributed by atoms with Crippen molar-refractivity contribution in [1.82, 2.24) is 0 Å². The van der Waals surface area contributed by atoms with E-state index in [0.717, 1.165) is 29.9 Å². The molecule has 0 unspecified atom stereocenters. The van der Waals surface area contributed by atoms with Crippen molar-refractivity contribution >= 4 is 17.1 Å². The van der Waals surface area contributed by atoms with Crippen molar-refractivity contribution in [2.75, 3.05) is 7.11 Å². The van der Waals surface area contributed by atoms with Crippen LogP contribution in [-0.2, 0) is 12.8 Å². The summed E-state index contributed by atoms with van der Waals surface area (Å²) in [5.74, 6) is 0.921. The molecule has 0 bridgehead atoms. The zero-order valence-electron chi connectivity index (χ0n) is 11.1. The Morgan fingerprint density at radius 2 is 1.68 bits per heavy atom. The number of methoxy groups -OCH3 is 1. The molecule has 0 aliphatic carbocycles. The van der Waals surface area contributed by atoms with Gasteiger partial charge in [0, 0.05) is 6.42 Å². The summed E-state index contributed by atoms with van der Waals surface area (Å²) in [6.45, 7) is 0. The Morgan fingerprint density at radius 1 is 1.00 bits per heavy atom. The summed E-state index contributed by atoms with van der Waals surface area (Å²) < 4.78 is 5.35. The summed E-state index contributed by atoms with van der Waals surface area (Å²) in [6, 6.07) is 18.5. The van der Waals surface area contributed by atoms with Gasteiger partial charge in [0.25, 0.3) is 0 Å². The lowest BCUT2D eigenvalue weighted by Crippen LogP contribution is -2.03. The van der Waals surface area contributed by atoms with Gasteiger partial charge in [0.1, 0.15) is 5.75 Å². The summed E-state index contributed by atoms with van der Waals surface area (Å²) >= 11 is 5.49. The van der Waals surface area contributed by atoms with Gasteiger partial charge in [-0.1, -0.05) is 60.7 Å². The first-order valence-electron chi connectivity index (χ1n) is 6.47. The Hall–Kier alpha value is -1.67. The van der Waals surface area contributed by atoms with Gasteiger partial charge in [0.05, 0.1) is 7.11 Å². The van der Waals surface area contributed by atoms with E-state index in [4.69, 9.17) is 17.0 Å². The first kappa shape index (κ1) is 13.8. The van der Waals surface area contributed by atoms with Crippen LogP contribution in [0.4, 0.5) is 0 Å². The number of para-hydroxylation sites is 1. The molecule has 0 radical (unpaired) electrons. The second kappa shape index (κ2) is 7.05. The molecule has 0 atom stereocenters. The molecule has 0 aromatic heterocycles. The Kier molecular flexibility index (Phi) is 5.10. The molecule has 0 heterocycles. The van der Waals surface area contributed by atoms with Crippen LogP contribution in [0.25, 0.3) is 0 Å². The molecule has 98 valence electrons. The SMILES string of the molecule is COc1ccccc1CC(=S)CCc1ccccc1. The van der Waals surface area contributed by atoms with Gasteiger partial charge in [0.15, 0.2) is 0 Å². The molecule has 0 amide bonds. The van der Waals surface area contributed by atoms with E-state index in [1.165, 1.54) is 11.1 Å². The lowest BCUT2D eigenvalue weighted by molar-refractivity contribution is 0.411. The largest absolute Gasteiger partial charge is 0.496 e. The van der Waals surface area contributed by atoms with Gasteiger partial charge in [-0.15, -0.1) is 0 Å². The van der Waals surface area contributed by atoms with Crippen molar-refractivity contribution in [1.29, 1.82) is 0 Å². The average molecular weight is 270 g/mol. The zero-order valence-corrected chi connectivity index (χ0v) is 12.0. The van der Waals surface area contributed by atoms with E-state index in [2.05, 4.69) is 30.3 Å². The number of hydrogen-bond acceptors (Lipinski definition) is 2. The number of ether oxygens (including phenoxy) is 1. The van der Waals surface area contributed by atoms with Crippen molar-refractivity contribution in [2.45, 2.75) is 19.3 Å². The Balaban J connectivity index is 1.91. The van der Waals surface area contributed by atoms with Crippen LogP contribution in [0.2, 0.25) is 0 Å². The lowest BCUT2D eigenvalue weighted by Gasteiger charge is -2.09. The summed E-state index contributed by atoms with van der Waals surface area (Å²) in [7, 11) is 1.70. The van der Waals surface area contributed by atoms with Crippen molar-refractivity contribution in [3.05, 3.63) is 65.7 Å². The highest BCUT2D eigenvalue weighted by atomic mass is 32.1. The fraction of sp³-hybridized carbons (Fsp3) is 0.235. The van der Waals surface area contributed by atoms with E-state index < -0.39 is 0 Å². The van der Waals surface area contributed by atoms with Gasteiger partial charge in [-0.05, 0) is 34.9 Å². The second-order valence-corrected chi connectivity index (χ2v) is 5.09. The van der Waals surface area contributed by atoms with Crippen LogP contribution < -0.4 is 4.74 Å². The normalized spacial score (nSPS) is 10.2. The van der Waals surface area contributed by atoms with Gasteiger partial charge in [-0.2, -0.15) is 0 Å². The summed E-state index contributed by atoms with van der Waals surface area (Å²) in [5, 5.41) is 0. The third-order valence-corrected chi connectivity index (χ3v) is 3.46. The summed E-state index contributed by atoms with van der Waals surface area (Å²) in [6.07, 6.45) is 2.76. The molecule has 19 heavy (non-hydrogen) atoms. The van der Waals surface area contributed by atoms with E-state index in [0.29, 0.717) is 0 Å². The van der Waals surface area contributed by atoms with E-state index >= 15 is 0 Å². The second-order valence-electron chi connectivity index (χ2n) is 4.51. The van der Waals surface area contributed by atoms with Gasteiger partial charge in [-0.25, -0.2) is 0 Å². The topological polar surface area (TPSA) is 9.23 Å². The third-order valence-electron chi connectivity index (χ3n) is 3.12. The van der Waals surface area contributed by atoms with Crippen molar-refractivity contribution in [3.8, 4) is 5.75 Å². The molecule has 0 saturated heterocycles. The Bertz CT molecular complexity index is 534. The predicted molar refractivity (Wildman–Crippen MR) is 84.1 cm³/mol. The number of thiocarbonyl (C=S) groups is 1. The minimum Gasteiger partial charge on any atom is -0.496 e. The molecule has 0 aliphatic rings. The van der Waals surface area contributed by atoms with Crippen LogP contribution in [0, 0.1) is 0 Å². The molecule has 1 nitrogen and oxygen atoms in total. The van der Waals surface area contributed by atoms with E-state index in [1.807, 2.05) is 24.3 Å². The van der Waals surface area contributed by atoms with Crippen LogP contribution in [0.15, 0.2) is 54.6 Å². The zero-order chi connectivity index (χ0) is 13.5. The molecular formula is C17H18OS. The van der Waals surface area contributed by atoms with Gasteiger partial charge < -0.3 is 4.74 Å². The van der Waals surface area contributed by atoms with Crippen LogP contribution in [-0.4, -0.2) is 12.0 Å². The van der Waals surface area contributed by atoms with Crippen molar-refractivity contribution in [2.24, 2.45) is 0 Å². The quantitative estimate of drug-likeness (QED) is 0.726. The number of hydrogen-bond donors (Lipinski definition) is 0. The highest BCUT2D eigenvalue weighted by Crippen LogP contribution is 2.19. The van der Waals surface area contributed by atoms with Crippen LogP contribution in [0.3, 0.4) is 0 Å². The highest BCUT2D eigenvalue weighted by Gasteiger charge is 2.05. The van der Waals surface area contributed by atoms with Gasteiger partial charge >= 0.3 is 0 Å². The molecule has 0 spiro atoms. The van der Waals surface area contributed by atoms with Gasteiger partial charge in [0.2, 0.25) is 0 Å². The van der Waals surface area contributed by atoms with Crippen LogP contribution in [0.1, 0.15) is 17.5 Å². The third kappa shape index (κ3) is 4.18. The average Bonchev–Trinajstić information content (AvgIpc) is 2.47. The molecule has 2 rings (SSSR count). The van der Waals surface area contributed by atoms with Crippen LogP contribution >= 0.6 is 12.2 Å². The standard InChI is InChI=1S/C17H18OS/c1-18-17-10-6-5-9-15(17)13-16(19)12-11-14-7-3-2-4-8-14/h2-10H,11-13H2,1H3. The molecular weight excluding hydrogens is 252 g/mol. The van der Waals surface area contributed by atoms with E-state index in [9.17, 15) is 0 Å². The number of benzene rings is 2. The molecule has 0 fully saturated rings. The molecule has 2 heteroatoms. The highest BCUT2D eigenvalue weighted by molar-refractivity contribution is 7.80. The summed E-state index contributed by atoms with van der Waals surface area (Å²) in [5.41, 5.74) is 2.51. The maximum Gasteiger partial charge on any atom is 0.122 e. The summed E-state index contributed by atoms with van der Waals surface area (Å²) in [4.78, 5) is 1.08. The fourth-order valence-corrected chi connectivity index (χ4v) is 2.34. The molecule has 0 saturated carbocycles. The maximum absolute atomic E-state index is 5.49. The Labute approximate surface area is 120 Å². The monoisotopic (exact) mass is 270 g/mol. The minimum absolute atomic E-state index is 0.812. The van der Waals surface area contributed by atoms with Gasteiger partial charge in [-0.3, -0.25) is 0 Å². The molecule has 0 N–H and O–H groups in total. The van der Waals surface area contributed by atoms with Crippen molar-refractivity contribution < 1.29 is 4.74 Å². The maximum atomic E-state index is 5.49. The Morgan fingerprint density at radius 3 is 2.42 bits per heavy atom. The molecule has 2 aromatic rings. The molecule has 2 aromatic carbocycles. The lowest BCUT2D eigenvalue weighted by atomic mass is 10.0. The smallest absolute Gasteiger partial charge is 0.122 e. The molecule has 0 aliphatic heterocycles. The van der Waals surface area contributed by atoms with E-state index in [1.54, 1.807) is 7.11 Å². The van der Waals surface area contributed by atoms with Crippen molar-refractivity contribution in [3.63, 3.8) is 0 Å².